The summed E-state index contributed by atoms with van der Waals surface area (Å²) in [6.45, 7) is 0.595. The summed E-state index contributed by atoms with van der Waals surface area (Å²) in [5, 5.41) is 9.48. The summed E-state index contributed by atoms with van der Waals surface area (Å²) in [5.74, 6) is 2.00. The quantitative estimate of drug-likeness (QED) is 0.379. The molecular formula is C16H24IN5O2S. The topological polar surface area (TPSA) is 71.0 Å². The van der Waals surface area contributed by atoms with Gasteiger partial charge in [0.25, 0.3) is 0 Å². The number of ether oxygens (including phenoxy) is 2. The zero-order chi connectivity index (χ0) is 17.5. The standard InChI is InChI=1S/C16H23N5O2S.HI/c1-17-15(18-9-12-10-24-16(20-12)21(2)3)19-11-6-7-13(22-4)14(8-11)23-5;/h6-8,10H,9H2,1-5H3,(H2,17,18,19);1H. The molecule has 9 heteroatoms. The average Bonchev–Trinajstić information content (AvgIpc) is 3.07. The van der Waals surface area contributed by atoms with Crippen LogP contribution >= 0.6 is 35.3 Å². The number of aromatic nitrogens is 1. The Morgan fingerprint density at radius 3 is 2.52 bits per heavy atom. The van der Waals surface area contributed by atoms with Gasteiger partial charge in [0.05, 0.1) is 26.5 Å². The molecular weight excluding hydrogens is 453 g/mol. The largest absolute Gasteiger partial charge is 0.493 e. The van der Waals surface area contributed by atoms with Gasteiger partial charge in [-0.3, -0.25) is 4.99 Å². The van der Waals surface area contributed by atoms with Gasteiger partial charge in [-0.25, -0.2) is 4.98 Å². The van der Waals surface area contributed by atoms with Crippen molar-refractivity contribution in [2.75, 3.05) is 45.6 Å². The van der Waals surface area contributed by atoms with Crippen LogP contribution in [0, 0.1) is 0 Å². The molecule has 0 saturated carbocycles. The molecule has 0 atom stereocenters. The molecule has 0 aliphatic carbocycles. The van der Waals surface area contributed by atoms with Gasteiger partial charge in [-0.1, -0.05) is 0 Å². The molecule has 0 unspecified atom stereocenters. The van der Waals surface area contributed by atoms with E-state index in [9.17, 15) is 0 Å². The van der Waals surface area contributed by atoms with Crippen molar-refractivity contribution in [1.82, 2.24) is 10.3 Å². The maximum Gasteiger partial charge on any atom is 0.195 e. The Morgan fingerprint density at radius 2 is 1.96 bits per heavy atom. The van der Waals surface area contributed by atoms with Crippen molar-refractivity contribution in [3.63, 3.8) is 0 Å². The van der Waals surface area contributed by atoms with Crippen molar-refractivity contribution < 1.29 is 9.47 Å². The fourth-order valence-corrected chi connectivity index (χ4v) is 2.75. The lowest BCUT2D eigenvalue weighted by molar-refractivity contribution is 0.355. The number of methoxy groups -OCH3 is 2. The van der Waals surface area contributed by atoms with Crippen LogP contribution in [0.5, 0.6) is 11.5 Å². The molecule has 138 valence electrons. The number of halogens is 1. The third-order valence-electron chi connectivity index (χ3n) is 3.23. The van der Waals surface area contributed by atoms with Crippen molar-refractivity contribution >= 4 is 52.1 Å². The van der Waals surface area contributed by atoms with Crippen LogP contribution in [0.15, 0.2) is 28.6 Å². The summed E-state index contributed by atoms with van der Waals surface area (Å²) in [6, 6.07) is 5.61. The number of nitrogens with zero attached hydrogens (tertiary/aromatic N) is 3. The molecule has 0 saturated heterocycles. The van der Waals surface area contributed by atoms with E-state index >= 15 is 0 Å². The molecule has 0 fully saturated rings. The van der Waals surface area contributed by atoms with E-state index in [0.717, 1.165) is 16.5 Å². The second kappa shape index (κ2) is 10.3. The van der Waals surface area contributed by atoms with Gasteiger partial charge in [-0.15, -0.1) is 35.3 Å². The molecule has 1 aromatic carbocycles. The smallest absolute Gasteiger partial charge is 0.195 e. The van der Waals surface area contributed by atoms with Crippen LogP contribution in [0.3, 0.4) is 0 Å². The van der Waals surface area contributed by atoms with Gasteiger partial charge in [0.15, 0.2) is 22.6 Å². The molecule has 0 aliphatic heterocycles. The van der Waals surface area contributed by atoms with Crippen LogP contribution in [-0.4, -0.2) is 46.3 Å². The van der Waals surface area contributed by atoms with E-state index < -0.39 is 0 Å². The van der Waals surface area contributed by atoms with E-state index in [0.29, 0.717) is 24.0 Å². The third kappa shape index (κ3) is 5.92. The number of aliphatic imine (C=N–C) groups is 1. The normalized spacial score (nSPS) is 10.7. The van der Waals surface area contributed by atoms with Crippen molar-refractivity contribution in [3.05, 3.63) is 29.3 Å². The van der Waals surface area contributed by atoms with E-state index in [-0.39, 0.29) is 24.0 Å². The maximum atomic E-state index is 5.31. The molecule has 25 heavy (non-hydrogen) atoms. The zero-order valence-electron chi connectivity index (χ0n) is 15.0. The minimum Gasteiger partial charge on any atom is -0.493 e. The van der Waals surface area contributed by atoms with Crippen LogP contribution in [0.1, 0.15) is 5.69 Å². The molecule has 7 nitrogen and oxygen atoms in total. The van der Waals surface area contributed by atoms with Gasteiger partial charge in [-0.05, 0) is 12.1 Å². The first-order chi connectivity index (χ1) is 11.6. The number of anilines is 2. The molecule has 0 aliphatic rings. The molecule has 2 N–H and O–H groups in total. The highest BCUT2D eigenvalue weighted by Gasteiger charge is 2.07. The summed E-state index contributed by atoms with van der Waals surface area (Å²) >= 11 is 1.61. The number of nitrogens with one attached hydrogen (secondary N) is 2. The first-order valence-corrected chi connectivity index (χ1v) is 8.26. The highest BCUT2D eigenvalue weighted by atomic mass is 127. The van der Waals surface area contributed by atoms with Gasteiger partial charge in [0.1, 0.15) is 0 Å². The van der Waals surface area contributed by atoms with Crippen molar-refractivity contribution in [2.45, 2.75) is 6.54 Å². The van der Waals surface area contributed by atoms with Crippen LogP contribution in [0.25, 0.3) is 0 Å². The van der Waals surface area contributed by atoms with Crippen molar-refractivity contribution in [1.29, 1.82) is 0 Å². The second-order valence-electron chi connectivity index (χ2n) is 5.14. The Kier molecular flexibility index (Phi) is 8.76. The zero-order valence-corrected chi connectivity index (χ0v) is 18.1. The lowest BCUT2D eigenvalue weighted by atomic mass is 10.3. The van der Waals surface area contributed by atoms with E-state index in [4.69, 9.17) is 9.47 Å². The summed E-state index contributed by atoms with van der Waals surface area (Å²) < 4.78 is 10.5. The monoisotopic (exact) mass is 477 g/mol. The Labute approximate surface area is 169 Å². The van der Waals surface area contributed by atoms with Crippen LogP contribution in [-0.2, 0) is 6.54 Å². The number of guanidine groups is 1. The molecule has 2 rings (SSSR count). The Morgan fingerprint density at radius 1 is 1.24 bits per heavy atom. The first-order valence-electron chi connectivity index (χ1n) is 7.38. The van der Waals surface area contributed by atoms with Crippen LogP contribution in [0.2, 0.25) is 0 Å². The predicted molar refractivity (Wildman–Crippen MR) is 115 cm³/mol. The number of thiazole rings is 1. The summed E-state index contributed by atoms with van der Waals surface area (Å²) in [7, 11) is 8.91. The minimum atomic E-state index is 0. The fraction of sp³-hybridized carbons (Fsp3) is 0.375. The van der Waals surface area contributed by atoms with Crippen molar-refractivity contribution in [2.24, 2.45) is 4.99 Å². The molecule has 2 aromatic rings. The molecule has 0 amide bonds. The van der Waals surface area contributed by atoms with Gasteiger partial charge >= 0.3 is 0 Å². The predicted octanol–water partition coefficient (Wildman–Crippen LogP) is 3.03. The van der Waals surface area contributed by atoms with Gasteiger partial charge in [-0.2, -0.15) is 0 Å². The first kappa shape index (κ1) is 21.3. The van der Waals surface area contributed by atoms with E-state index in [1.165, 1.54) is 0 Å². The Hall–Kier alpha value is -1.75. The lowest BCUT2D eigenvalue weighted by Crippen LogP contribution is -2.30. The van der Waals surface area contributed by atoms with Gasteiger partial charge in [0.2, 0.25) is 0 Å². The maximum absolute atomic E-state index is 5.31. The van der Waals surface area contributed by atoms with E-state index in [2.05, 4.69) is 20.6 Å². The summed E-state index contributed by atoms with van der Waals surface area (Å²) in [5.41, 5.74) is 1.83. The molecule has 0 spiro atoms. The van der Waals surface area contributed by atoms with Crippen molar-refractivity contribution in [3.8, 4) is 11.5 Å². The minimum absolute atomic E-state index is 0. The van der Waals surface area contributed by atoms with Gasteiger partial charge in [0, 0.05) is 38.3 Å². The third-order valence-corrected chi connectivity index (χ3v) is 4.29. The SMILES string of the molecule is CN=C(NCc1csc(N(C)C)n1)Nc1ccc(OC)c(OC)c1.I. The number of hydrogen-bond donors (Lipinski definition) is 2. The number of hydrogen-bond acceptors (Lipinski definition) is 6. The average molecular weight is 477 g/mol. The molecule has 1 aromatic heterocycles. The molecule has 0 bridgehead atoms. The number of rotatable bonds is 6. The highest BCUT2D eigenvalue weighted by Crippen LogP contribution is 2.29. The number of benzene rings is 1. The van der Waals surface area contributed by atoms with Gasteiger partial charge < -0.3 is 25.0 Å². The Balaban J connectivity index is 0.00000312. The second-order valence-corrected chi connectivity index (χ2v) is 5.97. The Bertz CT molecular complexity index is 706. The highest BCUT2D eigenvalue weighted by molar-refractivity contribution is 14.0. The summed E-state index contributed by atoms with van der Waals surface area (Å²) in [4.78, 5) is 10.8. The fourth-order valence-electron chi connectivity index (χ4n) is 1.99. The van der Waals surface area contributed by atoms with Crippen LogP contribution < -0.4 is 25.0 Å². The van der Waals surface area contributed by atoms with E-state index in [1.54, 1.807) is 32.6 Å². The van der Waals surface area contributed by atoms with E-state index in [1.807, 2.05) is 42.6 Å². The lowest BCUT2D eigenvalue weighted by Gasteiger charge is -2.13. The molecule has 1 heterocycles. The summed E-state index contributed by atoms with van der Waals surface area (Å²) in [6.07, 6.45) is 0. The molecule has 0 radical (unpaired) electrons. The van der Waals surface area contributed by atoms with Crippen LogP contribution in [0.4, 0.5) is 10.8 Å².